The van der Waals surface area contributed by atoms with E-state index in [-0.39, 0.29) is 18.0 Å². The van der Waals surface area contributed by atoms with Crippen molar-refractivity contribution >= 4 is 17.1 Å². The van der Waals surface area contributed by atoms with Crippen LogP contribution in [0.25, 0.3) is 0 Å². The quantitative estimate of drug-likeness (QED) is 0.359. The molecule has 0 spiro atoms. The van der Waals surface area contributed by atoms with Crippen molar-refractivity contribution in [2.75, 3.05) is 23.0 Å². The first kappa shape index (κ1) is 28.8. The minimum Gasteiger partial charge on any atom is -0.490 e. The molecule has 8 heteroatoms. The van der Waals surface area contributed by atoms with Gasteiger partial charge in [-0.15, -0.1) is 0 Å². The van der Waals surface area contributed by atoms with Gasteiger partial charge in [0.15, 0.2) is 0 Å². The Morgan fingerprint density at radius 2 is 1.65 bits per heavy atom. The summed E-state index contributed by atoms with van der Waals surface area (Å²) < 4.78 is 60.6. The first-order valence-corrected chi connectivity index (χ1v) is 13.3. The SMILES string of the molecule is CC.CC[C@H]1C(C)C(C(F)(F)F)=NN1c1ccc(OC2CCN(c3cc(C(C)C)ccc3F)CC2)cc1. The van der Waals surface area contributed by atoms with E-state index < -0.39 is 17.8 Å². The molecule has 0 saturated carbocycles. The Kier molecular flexibility index (Phi) is 9.48. The summed E-state index contributed by atoms with van der Waals surface area (Å²) in [6, 6.07) is 12.1. The number of anilines is 2. The smallest absolute Gasteiger partial charge is 0.431 e. The van der Waals surface area contributed by atoms with E-state index in [1.54, 1.807) is 37.3 Å². The topological polar surface area (TPSA) is 28.1 Å². The Labute approximate surface area is 218 Å². The van der Waals surface area contributed by atoms with Crippen LogP contribution in [0.1, 0.15) is 72.3 Å². The van der Waals surface area contributed by atoms with Gasteiger partial charge in [-0.2, -0.15) is 18.3 Å². The van der Waals surface area contributed by atoms with Crippen molar-refractivity contribution in [3.63, 3.8) is 0 Å². The van der Waals surface area contributed by atoms with Gasteiger partial charge in [-0.05, 0) is 54.3 Å². The van der Waals surface area contributed by atoms with Crippen LogP contribution in [0.2, 0.25) is 0 Å². The van der Waals surface area contributed by atoms with Crippen LogP contribution in [0, 0.1) is 11.7 Å². The first-order valence-electron chi connectivity index (χ1n) is 13.3. The van der Waals surface area contributed by atoms with E-state index in [4.69, 9.17) is 4.74 Å². The number of ether oxygens (including phenoxy) is 1. The fourth-order valence-corrected chi connectivity index (χ4v) is 4.98. The van der Waals surface area contributed by atoms with Gasteiger partial charge >= 0.3 is 6.18 Å². The molecular formula is C29H39F4N3O. The summed E-state index contributed by atoms with van der Waals surface area (Å²) >= 11 is 0. The lowest BCUT2D eigenvalue weighted by molar-refractivity contribution is -0.0620. The number of hydrogen-bond acceptors (Lipinski definition) is 4. The summed E-state index contributed by atoms with van der Waals surface area (Å²) in [5.74, 6) is 0.107. The number of halogens is 4. The number of alkyl halides is 3. The number of piperidine rings is 1. The molecule has 204 valence electrons. The second kappa shape index (κ2) is 12.2. The van der Waals surface area contributed by atoms with Gasteiger partial charge in [0.2, 0.25) is 0 Å². The number of nitrogens with zero attached hydrogens (tertiary/aromatic N) is 3. The largest absolute Gasteiger partial charge is 0.490 e. The second-order valence-electron chi connectivity index (χ2n) is 9.76. The Balaban J connectivity index is 0.00000186. The zero-order chi connectivity index (χ0) is 27.3. The third kappa shape index (κ3) is 6.57. The standard InChI is InChI=1S/C27H33F4N3O.C2H6/c1-5-24-18(4)26(27(29,30)31)32-34(24)20-7-9-21(10-8-20)35-22-12-14-33(15-13-22)25-16-19(17(2)3)6-11-23(25)28;1-2/h6-11,16-18,22,24H,5,12-15H2,1-4H3;1-2H3/t18?,24-;/m0./s1. The number of hydrazone groups is 1. The molecule has 0 amide bonds. The molecule has 0 aromatic heterocycles. The lowest BCUT2D eigenvalue weighted by atomic mass is 9.95. The van der Waals surface area contributed by atoms with E-state index in [9.17, 15) is 17.6 Å². The van der Waals surface area contributed by atoms with Crippen LogP contribution in [0.5, 0.6) is 5.75 Å². The van der Waals surface area contributed by atoms with Crippen LogP contribution in [-0.4, -0.2) is 37.1 Å². The van der Waals surface area contributed by atoms with Gasteiger partial charge in [0.1, 0.15) is 23.4 Å². The van der Waals surface area contributed by atoms with Crippen molar-refractivity contribution in [2.24, 2.45) is 11.0 Å². The molecule has 0 bridgehead atoms. The van der Waals surface area contributed by atoms with Gasteiger partial charge in [-0.25, -0.2) is 4.39 Å². The molecule has 2 aromatic rings. The summed E-state index contributed by atoms with van der Waals surface area (Å²) in [6.07, 6.45) is -2.36. The number of benzene rings is 2. The van der Waals surface area contributed by atoms with Crippen molar-refractivity contribution in [2.45, 2.75) is 85.0 Å². The van der Waals surface area contributed by atoms with Crippen molar-refractivity contribution in [3.05, 3.63) is 53.8 Å². The molecule has 1 unspecified atom stereocenters. The van der Waals surface area contributed by atoms with Gasteiger partial charge in [-0.1, -0.05) is 47.6 Å². The van der Waals surface area contributed by atoms with Crippen LogP contribution < -0.4 is 14.6 Å². The van der Waals surface area contributed by atoms with Gasteiger partial charge in [0.25, 0.3) is 0 Å². The summed E-state index contributed by atoms with van der Waals surface area (Å²) in [7, 11) is 0. The summed E-state index contributed by atoms with van der Waals surface area (Å²) in [5.41, 5.74) is 1.64. The minimum absolute atomic E-state index is 0.00139. The molecule has 2 aromatic carbocycles. The first-order chi connectivity index (χ1) is 17.6. The van der Waals surface area contributed by atoms with Crippen LogP contribution in [0.3, 0.4) is 0 Å². The maximum atomic E-state index is 14.4. The van der Waals surface area contributed by atoms with Crippen LogP contribution in [0.15, 0.2) is 47.6 Å². The highest BCUT2D eigenvalue weighted by molar-refractivity contribution is 5.95. The lowest BCUT2D eigenvalue weighted by Gasteiger charge is -2.34. The molecule has 1 saturated heterocycles. The molecule has 2 aliphatic rings. The molecule has 1 fully saturated rings. The molecular weight excluding hydrogens is 482 g/mol. The van der Waals surface area contributed by atoms with Gasteiger partial charge in [0, 0.05) is 31.8 Å². The summed E-state index contributed by atoms with van der Waals surface area (Å²) in [4.78, 5) is 2.07. The summed E-state index contributed by atoms with van der Waals surface area (Å²) in [5, 5.41) is 5.40. The highest BCUT2D eigenvalue weighted by Gasteiger charge is 2.47. The third-order valence-corrected chi connectivity index (χ3v) is 7.07. The highest BCUT2D eigenvalue weighted by Crippen LogP contribution is 2.37. The Hall–Kier alpha value is -2.77. The Bertz CT molecular complexity index is 1040. The predicted molar refractivity (Wildman–Crippen MR) is 143 cm³/mol. The third-order valence-electron chi connectivity index (χ3n) is 7.07. The van der Waals surface area contributed by atoms with E-state index >= 15 is 0 Å². The van der Waals surface area contributed by atoms with E-state index in [1.807, 2.05) is 32.9 Å². The van der Waals surface area contributed by atoms with Crippen molar-refractivity contribution in [3.8, 4) is 5.75 Å². The zero-order valence-corrected chi connectivity index (χ0v) is 22.6. The van der Waals surface area contributed by atoms with Gasteiger partial charge in [-0.3, -0.25) is 5.01 Å². The molecule has 0 aliphatic carbocycles. The highest BCUT2D eigenvalue weighted by atomic mass is 19.4. The van der Waals surface area contributed by atoms with Crippen molar-refractivity contribution in [1.29, 1.82) is 0 Å². The van der Waals surface area contributed by atoms with Crippen LogP contribution in [0.4, 0.5) is 28.9 Å². The molecule has 2 aliphatic heterocycles. The van der Waals surface area contributed by atoms with Crippen molar-refractivity contribution in [1.82, 2.24) is 0 Å². The van der Waals surface area contributed by atoms with E-state index in [2.05, 4.69) is 23.8 Å². The molecule has 0 N–H and O–H groups in total. The normalized spacial score (nSPS) is 20.6. The van der Waals surface area contributed by atoms with Crippen LogP contribution >= 0.6 is 0 Å². The average molecular weight is 522 g/mol. The van der Waals surface area contributed by atoms with E-state index in [1.165, 1.54) is 5.01 Å². The zero-order valence-electron chi connectivity index (χ0n) is 22.6. The molecule has 4 nitrogen and oxygen atoms in total. The van der Waals surface area contributed by atoms with Gasteiger partial charge < -0.3 is 9.64 Å². The monoisotopic (exact) mass is 521 g/mol. The number of rotatable bonds is 6. The average Bonchev–Trinajstić information content (AvgIpc) is 3.23. The maximum absolute atomic E-state index is 14.4. The molecule has 4 rings (SSSR count). The lowest BCUT2D eigenvalue weighted by Crippen LogP contribution is -2.38. The molecule has 2 atom stereocenters. The molecule has 37 heavy (non-hydrogen) atoms. The second-order valence-corrected chi connectivity index (χ2v) is 9.76. The number of hydrogen-bond donors (Lipinski definition) is 0. The predicted octanol–water partition coefficient (Wildman–Crippen LogP) is 8.18. The van der Waals surface area contributed by atoms with Crippen LogP contribution in [-0.2, 0) is 0 Å². The Morgan fingerprint density at radius 3 is 2.19 bits per heavy atom. The van der Waals surface area contributed by atoms with E-state index in [0.717, 1.165) is 18.4 Å². The fraction of sp³-hybridized carbons (Fsp3) is 0.552. The molecule has 2 heterocycles. The Morgan fingerprint density at radius 1 is 1.03 bits per heavy atom. The fourth-order valence-electron chi connectivity index (χ4n) is 4.98. The molecule has 0 radical (unpaired) electrons. The van der Waals surface area contributed by atoms with Gasteiger partial charge in [0.05, 0.1) is 17.4 Å². The van der Waals surface area contributed by atoms with Crippen molar-refractivity contribution < 1.29 is 22.3 Å². The summed E-state index contributed by atoms with van der Waals surface area (Å²) in [6.45, 7) is 13.0. The van der Waals surface area contributed by atoms with E-state index in [0.29, 0.717) is 42.6 Å². The maximum Gasteiger partial charge on any atom is 0.431 e. The minimum atomic E-state index is -4.43.